The topological polar surface area (TPSA) is 63.5 Å². The van der Waals surface area contributed by atoms with E-state index in [0.717, 1.165) is 48.5 Å². The van der Waals surface area contributed by atoms with Gasteiger partial charge in [0, 0.05) is 44.3 Å². The Morgan fingerprint density at radius 3 is 2.47 bits per heavy atom. The monoisotopic (exact) mass is 473 g/mol. The zero-order valence-corrected chi connectivity index (χ0v) is 19.9. The Kier molecular flexibility index (Phi) is 6.67. The molecule has 3 aromatic carbocycles. The lowest BCUT2D eigenvalue weighted by Gasteiger charge is -2.36. The van der Waals surface area contributed by atoms with Gasteiger partial charge in [0.15, 0.2) is 11.0 Å². The first-order valence-electron chi connectivity index (χ1n) is 11.4. The van der Waals surface area contributed by atoms with E-state index in [2.05, 4.69) is 39.4 Å². The van der Waals surface area contributed by atoms with Crippen molar-refractivity contribution in [3.63, 3.8) is 0 Å². The van der Waals surface area contributed by atoms with Gasteiger partial charge in [0.05, 0.1) is 5.75 Å². The number of thioether (sulfide) groups is 1. The van der Waals surface area contributed by atoms with E-state index >= 15 is 0 Å². The molecule has 8 heteroatoms. The van der Waals surface area contributed by atoms with Crippen LogP contribution in [-0.4, -0.2) is 57.5 Å². The van der Waals surface area contributed by atoms with E-state index in [1.54, 1.807) is 0 Å². The van der Waals surface area contributed by atoms with Gasteiger partial charge >= 0.3 is 0 Å². The van der Waals surface area contributed by atoms with Gasteiger partial charge in [0.2, 0.25) is 5.91 Å². The van der Waals surface area contributed by atoms with Crippen LogP contribution in [0.15, 0.2) is 78.0 Å². The number of hydrogen-bond donors (Lipinski definition) is 0. The number of hydrogen-bond acceptors (Lipinski definition) is 6. The van der Waals surface area contributed by atoms with Crippen molar-refractivity contribution in [2.45, 2.75) is 11.8 Å². The summed E-state index contributed by atoms with van der Waals surface area (Å²) in [6.45, 7) is 3.47. The fourth-order valence-electron chi connectivity index (χ4n) is 4.13. The Morgan fingerprint density at radius 2 is 1.65 bits per heavy atom. The zero-order chi connectivity index (χ0) is 23.3. The Hall–Kier alpha value is -3.52. The number of amides is 1. The van der Waals surface area contributed by atoms with Crippen LogP contribution >= 0.6 is 11.8 Å². The molecule has 0 saturated carbocycles. The van der Waals surface area contributed by atoms with Crippen LogP contribution in [0, 0.1) is 0 Å². The smallest absolute Gasteiger partial charge is 0.233 e. The molecule has 0 aliphatic carbocycles. The van der Waals surface area contributed by atoms with Gasteiger partial charge in [-0.2, -0.15) is 0 Å². The molecular weight excluding hydrogens is 446 g/mol. The summed E-state index contributed by atoms with van der Waals surface area (Å²) < 4.78 is 7.95. The first kappa shape index (κ1) is 22.3. The third-order valence-electron chi connectivity index (χ3n) is 6.11. The molecule has 1 saturated heterocycles. The number of carbonyl (C=O) groups excluding carboxylic acids is 1. The van der Waals surface area contributed by atoms with E-state index in [9.17, 15) is 4.79 Å². The lowest BCUT2D eigenvalue weighted by Crippen LogP contribution is -2.49. The number of aromatic nitrogens is 3. The van der Waals surface area contributed by atoms with Gasteiger partial charge in [0.1, 0.15) is 12.4 Å². The van der Waals surface area contributed by atoms with E-state index < -0.39 is 0 Å². The Morgan fingerprint density at radius 1 is 0.912 bits per heavy atom. The third kappa shape index (κ3) is 4.87. The summed E-state index contributed by atoms with van der Waals surface area (Å²) in [7, 11) is 1.91. The van der Waals surface area contributed by atoms with Crippen LogP contribution in [0.4, 0.5) is 5.69 Å². The standard InChI is InChI=1S/C26H27N5O2S/c1-29-24(18-33-23-13-7-9-20-8-5-6-12-22(20)23)27-28-26(29)34-19-25(32)31-16-14-30(15-17-31)21-10-3-2-4-11-21/h2-13H,14-19H2,1H3. The number of nitrogens with zero attached hydrogens (tertiary/aromatic N) is 5. The first-order valence-corrected chi connectivity index (χ1v) is 12.4. The zero-order valence-electron chi connectivity index (χ0n) is 19.1. The van der Waals surface area contributed by atoms with Crippen molar-refractivity contribution in [2.24, 2.45) is 7.05 Å². The molecule has 5 rings (SSSR count). The van der Waals surface area contributed by atoms with Crippen LogP contribution in [-0.2, 0) is 18.4 Å². The van der Waals surface area contributed by atoms with Crippen molar-refractivity contribution in [3.8, 4) is 5.75 Å². The molecule has 0 atom stereocenters. The Balaban J connectivity index is 1.13. The molecule has 174 valence electrons. The average Bonchev–Trinajstić information content (AvgIpc) is 3.25. The highest BCUT2D eigenvalue weighted by atomic mass is 32.2. The number of anilines is 1. The van der Waals surface area contributed by atoms with Gasteiger partial charge in [-0.25, -0.2) is 0 Å². The van der Waals surface area contributed by atoms with Gasteiger partial charge in [-0.3, -0.25) is 4.79 Å². The number of fused-ring (bicyclic) bond motifs is 1. The van der Waals surface area contributed by atoms with Crippen molar-refractivity contribution in [1.82, 2.24) is 19.7 Å². The van der Waals surface area contributed by atoms with Gasteiger partial charge < -0.3 is 19.1 Å². The number of piperazine rings is 1. The summed E-state index contributed by atoms with van der Waals surface area (Å²) in [5.74, 6) is 2.02. The lowest BCUT2D eigenvalue weighted by atomic mass is 10.1. The summed E-state index contributed by atoms with van der Waals surface area (Å²) in [5, 5.41) is 11.5. The molecule has 1 amide bonds. The third-order valence-corrected chi connectivity index (χ3v) is 7.11. The van der Waals surface area contributed by atoms with Crippen molar-refractivity contribution in [3.05, 3.63) is 78.6 Å². The summed E-state index contributed by atoms with van der Waals surface area (Å²) in [4.78, 5) is 17.0. The van der Waals surface area contributed by atoms with E-state index in [1.165, 1.54) is 17.4 Å². The number of carbonyl (C=O) groups is 1. The number of rotatable bonds is 7. The van der Waals surface area contributed by atoms with Crippen molar-refractivity contribution >= 4 is 34.1 Å². The predicted molar refractivity (Wildman–Crippen MR) is 135 cm³/mol. The second-order valence-electron chi connectivity index (χ2n) is 8.22. The van der Waals surface area contributed by atoms with Crippen LogP contribution in [0.1, 0.15) is 5.82 Å². The van der Waals surface area contributed by atoms with E-state index in [-0.39, 0.29) is 5.91 Å². The molecule has 2 heterocycles. The van der Waals surface area contributed by atoms with Crippen LogP contribution in [0.3, 0.4) is 0 Å². The molecule has 0 bridgehead atoms. The van der Waals surface area contributed by atoms with Crippen molar-refractivity contribution in [1.29, 1.82) is 0 Å². The highest BCUT2D eigenvalue weighted by Gasteiger charge is 2.22. The molecule has 34 heavy (non-hydrogen) atoms. The maximum atomic E-state index is 12.8. The van der Waals surface area contributed by atoms with E-state index in [0.29, 0.717) is 17.5 Å². The summed E-state index contributed by atoms with van der Waals surface area (Å²) >= 11 is 1.42. The quantitative estimate of drug-likeness (QED) is 0.378. The highest BCUT2D eigenvalue weighted by Crippen LogP contribution is 2.26. The van der Waals surface area contributed by atoms with Crippen molar-refractivity contribution in [2.75, 3.05) is 36.8 Å². The molecule has 1 fully saturated rings. The minimum absolute atomic E-state index is 0.134. The molecule has 0 spiro atoms. The molecule has 0 radical (unpaired) electrons. The molecule has 0 unspecified atom stereocenters. The van der Waals surface area contributed by atoms with Gasteiger partial charge in [-0.15, -0.1) is 10.2 Å². The molecule has 7 nitrogen and oxygen atoms in total. The minimum Gasteiger partial charge on any atom is -0.485 e. The molecule has 1 aliphatic rings. The fourth-order valence-corrected chi connectivity index (χ4v) is 4.96. The lowest BCUT2D eigenvalue weighted by molar-refractivity contribution is -0.128. The maximum Gasteiger partial charge on any atom is 0.233 e. The molecule has 4 aromatic rings. The van der Waals surface area contributed by atoms with Crippen LogP contribution in [0.5, 0.6) is 5.75 Å². The van der Waals surface area contributed by atoms with Crippen LogP contribution in [0.2, 0.25) is 0 Å². The molecular formula is C26H27N5O2S. The minimum atomic E-state index is 0.134. The largest absolute Gasteiger partial charge is 0.485 e. The predicted octanol–water partition coefficient (Wildman–Crippen LogP) is 3.99. The summed E-state index contributed by atoms with van der Waals surface area (Å²) in [5.41, 5.74) is 1.21. The second-order valence-corrected chi connectivity index (χ2v) is 9.16. The average molecular weight is 474 g/mol. The number of ether oxygens (including phenoxy) is 1. The molecule has 1 aromatic heterocycles. The number of para-hydroxylation sites is 1. The fraction of sp³-hybridized carbons (Fsp3) is 0.269. The maximum absolute atomic E-state index is 12.8. The van der Waals surface area contributed by atoms with Crippen molar-refractivity contribution < 1.29 is 9.53 Å². The number of benzene rings is 3. The SMILES string of the molecule is Cn1c(COc2cccc3ccccc23)nnc1SCC(=O)N1CCN(c2ccccc2)CC1. The van der Waals surface area contributed by atoms with Gasteiger partial charge in [-0.05, 0) is 23.6 Å². The first-order chi connectivity index (χ1) is 16.7. The Labute approximate surface area is 203 Å². The Bertz CT molecular complexity index is 1260. The van der Waals surface area contributed by atoms with Gasteiger partial charge in [-0.1, -0.05) is 66.4 Å². The molecule has 0 N–H and O–H groups in total. The van der Waals surface area contributed by atoms with E-state index in [1.807, 2.05) is 65.0 Å². The summed E-state index contributed by atoms with van der Waals surface area (Å²) in [6, 6.07) is 24.5. The molecule has 1 aliphatic heterocycles. The van der Waals surface area contributed by atoms with Gasteiger partial charge in [0.25, 0.3) is 0 Å². The van der Waals surface area contributed by atoms with E-state index in [4.69, 9.17) is 4.74 Å². The summed E-state index contributed by atoms with van der Waals surface area (Å²) in [6.07, 6.45) is 0. The normalized spacial score (nSPS) is 13.9. The van der Waals surface area contributed by atoms with Crippen LogP contribution in [0.25, 0.3) is 10.8 Å². The highest BCUT2D eigenvalue weighted by molar-refractivity contribution is 7.99. The van der Waals surface area contributed by atoms with Crippen LogP contribution < -0.4 is 9.64 Å². The second kappa shape index (κ2) is 10.2.